The van der Waals surface area contributed by atoms with Crippen molar-refractivity contribution in [1.29, 1.82) is 0 Å². The van der Waals surface area contributed by atoms with E-state index in [-0.39, 0.29) is 11.0 Å². The van der Waals surface area contributed by atoms with E-state index in [1.807, 2.05) is 0 Å². The van der Waals surface area contributed by atoms with E-state index in [1.165, 1.54) is 11.3 Å². The van der Waals surface area contributed by atoms with Gasteiger partial charge in [-0.15, -0.1) is 11.3 Å². The zero-order valence-electron chi connectivity index (χ0n) is 14.3. The number of anilines is 2. The summed E-state index contributed by atoms with van der Waals surface area (Å²) in [6.07, 6.45) is -1.47. The van der Waals surface area contributed by atoms with Gasteiger partial charge >= 0.3 is 6.18 Å². The summed E-state index contributed by atoms with van der Waals surface area (Å²) in [5.74, 6) is 0.122. The molecule has 3 aromatic heterocycles. The normalized spacial score (nSPS) is 12.4. The van der Waals surface area contributed by atoms with Crippen molar-refractivity contribution in [2.75, 3.05) is 22.5 Å². The van der Waals surface area contributed by atoms with Crippen LogP contribution in [0.25, 0.3) is 10.1 Å². The zero-order valence-corrected chi connectivity index (χ0v) is 16.8. The van der Waals surface area contributed by atoms with E-state index in [2.05, 4.69) is 19.7 Å². The molecule has 3 rings (SSSR count). The molecule has 3 N–H and O–H groups in total. The van der Waals surface area contributed by atoms with Gasteiger partial charge in [-0.1, -0.05) is 11.8 Å². The van der Waals surface area contributed by atoms with Gasteiger partial charge in [0.25, 0.3) is 0 Å². The second-order valence-corrected chi connectivity index (χ2v) is 9.47. The average Bonchev–Trinajstić information content (AvgIpc) is 2.94. The predicted molar refractivity (Wildman–Crippen MR) is 104 cm³/mol. The van der Waals surface area contributed by atoms with E-state index in [0.29, 0.717) is 35.0 Å². The van der Waals surface area contributed by atoms with Gasteiger partial charge in [-0.25, -0.2) is 18.4 Å². The third kappa shape index (κ3) is 5.23. The summed E-state index contributed by atoms with van der Waals surface area (Å²) in [6, 6.07) is 2.44. The highest BCUT2D eigenvalue weighted by Crippen LogP contribution is 2.32. The van der Waals surface area contributed by atoms with Gasteiger partial charge in [-0.05, 0) is 12.5 Å². The Morgan fingerprint density at radius 3 is 2.71 bits per heavy atom. The highest BCUT2D eigenvalue weighted by Gasteiger charge is 2.33. The summed E-state index contributed by atoms with van der Waals surface area (Å²) in [6.45, 7) is 0. The minimum atomic E-state index is -4.60. The van der Waals surface area contributed by atoms with Gasteiger partial charge in [-0.2, -0.15) is 13.2 Å². The largest absolute Gasteiger partial charge is 0.433 e. The maximum atomic E-state index is 12.8. The number of rotatable bonds is 6. The van der Waals surface area contributed by atoms with Crippen LogP contribution in [-0.4, -0.2) is 35.4 Å². The van der Waals surface area contributed by atoms with Crippen molar-refractivity contribution in [3.8, 4) is 0 Å². The first-order chi connectivity index (χ1) is 13.0. The number of fused-ring (bicyclic) bond motifs is 1. The summed E-state index contributed by atoms with van der Waals surface area (Å²) in [5, 5.41) is 2.33. The Morgan fingerprint density at radius 1 is 1.29 bits per heavy atom. The van der Waals surface area contributed by atoms with Gasteiger partial charge in [0, 0.05) is 34.5 Å². The number of pyridine rings is 1. The van der Waals surface area contributed by atoms with Gasteiger partial charge in [0.05, 0.1) is 16.6 Å². The molecule has 0 aliphatic rings. The molecule has 0 spiro atoms. The molecule has 0 unspecified atom stereocenters. The lowest BCUT2D eigenvalue weighted by Gasteiger charge is -2.08. The summed E-state index contributed by atoms with van der Waals surface area (Å²) < 4.78 is 64.6. The van der Waals surface area contributed by atoms with Crippen LogP contribution in [0, 0.1) is 0 Å². The van der Waals surface area contributed by atoms with Gasteiger partial charge in [0.15, 0.2) is 10.9 Å². The van der Waals surface area contributed by atoms with Crippen LogP contribution in [0.2, 0.25) is 0 Å². The third-order valence-electron chi connectivity index (χ3n) is 3.42. The molecule has 0 aliphatic carbocycles. The van der Waals surface area contributed by atoms with Crippen LogP contribution < -0.4 is 10.5 Å². The van der Waals surface area contributed by atoms with Crippen LogP contribution in [0.4, 0.5) is 24.7 Å². The van der Waals surface area contributed by atoms with Gasteiger partial charge in [-0.3, -0.25) is 9.71 Å². The van der Waals surface area contributed by atoms with Crippen molar-refractivity contribution in [2.24, 2.45) is 0 Å². The number of aryl methyl sites for hydroxylation is 1. The van der Waals surface area contributed by atoms with Crippen molar-refractivity contribution in [1.82, 2.24) is 15.0 Å². The number of halogens is 3. The SMILES string of the molecule is CS(=O)(=O)Nc1csc2cnc(CCSc3nc(N)cc(C(F)(F)F)n3)cc12. The molecule has 3 heterocycles. The quantitative estimate of drug-likeness (QED) is 0.438. The molecule has 0 amide bonds. The zero-order chi connectivity index (χ0) is 20.5. The summed E-state index contributed by atoms with van der Waals surface area (Å²) in [5.41, 5.74) is 5.47. The van der Waals surface area contributed by atoms with Crippen molar-refractivity contribution in [3.63, 3.8) is 0 Å². The highest BCUT2D eigenvalue weighted by molar-refractivity contribution is 7.99. The number of aromatic nitrogens is 3. The fourth-order valence-electron chi connectivity index (χ4n) is 2.29. The van der Waals surface area contributed by atoms with E-state index < -0.39 is 21.9 Å². The number of thiophene rings is 1. The smallest absolute Gasteiger partial charge is 0.384 e. The molecule has 3 aromatic rings. The molecule has 0 radical (unpaired) electrons. The van der Waals surface area contributed by atoms with Gasteiger partial charge in [0.1, 0.15) is 5.82 Å². The number of sulfonamides is 1. The standard InChI is InChI=1S/C15H14F3N5O2S3/c1-28(24,25)23-10-7-27-11-6-20-8(4-9(10)11)2-3-26-14-21-12(15(16,17)18)5-13(19)22-14/h4-7,23H,2-3H2,1H3,(H2,19,21,22). The molecule has 7 nitrogen and oxygen atoms in total. The number of hydrogen-bond donors (Lipinski definition) is 2. The van der Waals surface area contributed by atoms with Crippen LogP contribution in [0.3, 0.4) is 0 Å². The maximum absolute atomic E-state index is 12.8. The van der Waals surface area contributed by atoms with E-state index >= 15 is 0 Å². The van der Waals surface area contributed by atoms with Gasteiger partial charge in [0.2, 0.25) is 10.0 Å². The van der Waals surface area contributed by atoms with Crippen LogP contribution in [0.1, 0.15) is 11.4 Å². The second-order valence-electron chi connectivity index (χ2n) is 5.75. The molecule has 28 heavy (non-hydrogen) atoms. The van der Waals surface area contributed by atoms with E-state index in [4.69, 9.17) is 5.73 Å². The third-order valence-corrected chi connectivity index (χ3v) is 5.79. The Kier molecular flexibility index (Phi) is 5.68. The molecular formula is C15H14F3N5O2S3. The number of nitrogens with zero attached hydrogens (tertiary/aromatic N) is 3. The van der Waals surface area contributed by atoms with E-state index in [1.54, 1.807) is 17.6 Å². The first-order valence-electron chi connectivity index (χ1n) is 7.70. The van der Waals surface area contributed by atoms with Crippen LogP contribution >= 0.6 is 23.1 Å². The molecule has 0 saturated heterocycles. The molecule has 0 aromatic carbocycles. The Hall–Kier alpha value is -2.12. The first-order valence-corrected chi connectivity index (χ1v) is 11.5. The molecule has 0 aliphatic heterocycles. The molecule has 0 atom stereocenters. The number of thioether (sulfide) groups is 1. The highest BCUT2D eigenvalue weighted by atomic mass is 32.2. The minimum absolute atomic E-state index is 0.0663. The molecular weight excluding hydrogens is 435 g/mol. The number of nitrogens with one attached hydrogen (secondary N) is 1. The number of hydrogen-bond acceptors (Lipinski definition) is 8. The van der Waals surface area contributed by atoms with Crippen molar-refractivity contribution in [2.45, 2.75) is 17.8 Å². The average molecular weight is 450 g/mol. The van der Waals surface area contributed by atoms with E-state index in [9.17, 15) is 21.6 Å². The lowest BCUT2D eigenvalue weighted by atomic mass is 10.2. The Bertz CT molecular complexity index is 1120. The molecule has 0 bridgehead atoms. The molecule has 0 fully saturated rings. The van der Waals surface area contributed by atoms with Crippen LogP contribution in [0.15, 0.2) is 28.9 Å². The molecule has 150 valence electrons. The summed E-state index contributed by atoms with van der Waals surface area (Å²) in [4.78, 5) is 11.6. The second kappa shape index (κ2) is 7.72. The van der Waals surface area contributed by atoms with E-state index in [0.717, 1.165) is 22.7 Å². The summed E-state index contributed by atoms with van der Waals surface area (Å²) in [7, 11) is -3.41. The molecule has 13 heteroatoms. The van der Waals surface area contributed by atoms with Crippen molar-refractivity contribution >= 4 is 54.7 Å². The van der Waals surface area contributed by atoms with Crippen LogP contribution in [0.5, 0.6) is 0 Å². The summed E-state index contributed by atoms with van der Waals surface area (Å²) >= 11 is 2.38. The predicted octanol–water partition coefficient (Wildman–Crippen LogP) is 3.39. The fraction of sp³-hybridized carbons (Fsp3) is 0.267. The monoisotopic (exact) mass is 449 g/mol. The fourth-order valence-corrected chi connectivity index (χ4v) is 4.60. The number of nitrogen functional groups attached to an aromatic ring is 1. The van der Waals surface area contributed by atoms with Gasteiger partial charge < -0.3 is 5.73 Å². The Labute approximate surface area is 166 Å². The topological polar surface area (TPSA) is 111 Å². The maximum Gasteiger partial charge on any atom is 0.433 e. The number of nitrogens with two attached hydrogens (primary N) is 1. The first kappa shape index (κ1) is 20.6. The number of alkyl halides is 3. The lowest BCUT2D eigenvalue weighted by Crippen LogP contribution is -2.11. The van der Waals surface area contributed by atoms with Crippen molar-refractivity contribution in [3.05, 3.63) is 35.1 Å². The van der Waals surface area contributed by atoms with Crippen LogP contribution in [-0.2, 0) is 22.6 Å². The minimum Gasteiger partial charge on any atom is -0.384 e. The lowest BCUT2D eigenvalue weighted by molar-refractivity contribution is -0.141. The van der Waals surface area contributed by atoms with Crippen molar-refractivity contribution < 1.29 is 21.6 Å². The Morgan fingerprint density at radius 2 is 2.04 bits per heavy atom. The Balaban J connectivity index is 1.72. The molecule has 0 saturated carbocycles.